The first-order chi connectivity index (χ1) is 15.3. The monoisotopic (exact) mass is 430 g/mol. The predicted molar refractivity (Wildman–Crippen MR) is 128 cm³/mol. The van der Waals surface area contributed by atoms with Gasteiger partial charge in [0.1, 0.15) is 11.3 Å². The summed E-state index contributed by atoms with van der Waals surface area (Å²) in [5.74, 6) is 0.355. The summed E-state index contributed by atoms with van der Waals surface area (Å²) in [6.07, 6.45) is 0.228. The van der Waals surface area contributed by atoms with E-state index in [0.29, 0.717) is 18.0 Å². The minimum atomic E-state index is -1.08. The van der Waals surface area contributed by atoms with Crippen molar-refractivity contribution in [3.05, 3.63) is 95.6 Å². The predicted octanol–water partition coefficient (Wildman–Crippen LogP) is 4.99. The van der Waals surface area contributed by atoms with Gasteiger partial charge in [-0.2, -0.15) is 0 Å². The van der Waals surface area contributed by atoms with Crippen LogP contribution in [-0.2, 0) is 22.6 Å². The number of nitrogens with one attached hydrogen (secondary N) is 1. The van der Waals surface area contributed by atoms with Crippen LogP contribution in [0.4, 0.5) is 5.69 Å². The zero-order valence-electron chi connectivity index (χ0n) is 19.1. The highest BCUT2D eigenvalue weighted by molar-refractivity contribution is 6.00. The normalized spacial score (nSPS) is 11.0. The third kappa shape index (κ3) is 5.55. The summed E-state index contributed by atoms with van der Waals surface area (Å²) in [5, 5.41) is 2.94. The number of aryl methyl sites for hydroxylation is 1. The van der Waals surface area contributed by atoms with Crippen molar-refractivity contribution >= 4 is 17.5 Å². The molecule has 3 rings (SSSR count). The summed E-state index contributed by atoms with van der Waals surface area (Å²) in [6, 6.07) is 24.7. The molecule has 1 N–H and O–H groups in total. The van der Waals surface area contributed by atoms with E-state index in [1.54, 1.807) is 50.1 Å². The molecule has 5 heteroatoms. The van der Waals surface area contributed by atoms with E-state index in [2.05, 4.69) is 5.32 Å². The van der Waals surface area contributed by atoms with Crippen LogP contribution >= 0.6 is 0 Å². The molecule has 0 atom stereocenters. The van der Waals surface area contributed by atoms with Crippen molar-refractivity contribution in [3.63, 3.8) is 0 Å². The fraction of sp³-hybridized carbons (Fsp3) is 0.259. The molecule has 32 heavy (non-hydrogen) atoms. The van der Waals surface area contributed by atoms with Crippen molar-refractivity contribution < 1.29 is 14.3 Å². The lowest BCUT2D eigenvalue weighted by atomic mass is 9.97. The van der Waals surface area contributed by atoms with Gasteiger partial charge in [0.2, 0.25) is 11.8 Å². The molecule has 5 nitrogen and oxygen atoms in total. The Labute approximate surface area is 190 Å². The van der Waals surface area contributed by atoms with Gasteiger partial charge in [-0.1, -0.05) is 54.6 Å². The third-order valence-corrected chi connectivity index (χ3v) is 5.67. The number of carbonyl (C=O) groups is 2. The van der Waals surface area contributed by atoms with E-state index in [4.69, 9.17) is 4.74 Å². The average molecular weight is 431 g/mol. The number of hydrogen-bond donors (Lipinski definition) is 1. The Bertz CT molecular complexity index is 1060. The van der Waals surface area contributed by atoms with Gasteiger partial charge >= 0.3 is 0 Å². The molecule has 0 radical (unpaired) electrons. The molecule has 0 saturated heterocycles. The van der Waals surface area contributed by atoms with Crippen molar-refractivity contribution in [1.29, 1.82) is 0 Å². The van der Waals surface area contributed by atoms with E-state index in [1.165, 1.54) is 0 Å². The highest BCUT2D eigenvalue weighted by Crippen LogP contribution is 2.24. The van der Waals surface area contributed by atoms with Crippen molar-refractivity contribution in [2.45, 2.75) is 39.3 Å². The molecule has 0 unspecified atom stereocenters. The molecule has 3 aromatic rings. The van der Waals surface area contributed by atoms with Crippen LogP contribution in [0, 0.1) is 6.92 Å². The van der Waals surface area contributed by atoms with Gasteiger partial charge < -0.3 is 15.0 Å². The molecule has 3 aromatic carbocycles. The number of amides is 2. The third-order valence-electron chi connectivity index (χ3n) is 5.67. The van der Waals surface area contributed by atoms with Crippen LogP contribution in [0.5, 0.6) is 5.75 Å². The van der Waals surface area contributed by atoms with Gasteiger partial charge in [-0.25, -0.2) is 0 Å². The van der Waals surface area contributed by atoms with E-state index < -0.39 is 5.54 Å². The van der Waals surface area contributed by atoms with Gasteiger partial charge in [0.25, 0.3) is 0 Å². The largest absolute Gasteiger partial charge is 0.497 e. The zero-order chi connectivity index (χ0) is 23.1. The molecular formula is C27H30N2O3. The maximum atomic E-state index is 13.4. The number of nitrogens with zero attached hydrogens (tertiary/aromatic N) is 1. The lowest BCUT2D eigenvalue weighted by Gasteiger charge is -2.38. The van der Waals surface area contributed by atoms with Crippen LogP contribution in [0.2, 0.25) is 0 Å². The molecule has 0 aromatic heterocycles. The second-order valence-electron chi connectivity index (χ2n) is 8.31. The smallest absolute Gasteiger partial charge is 0.249 e. The van der Waals surface area contributed by atoms with Gasteiger partial charge in [-0.15, -0.1) is 0 Å². The van der Waals surface area contributed by atoms with E-state index in [-0.39, 0.29) is 18.2 Å². The number of ether oxygens (including phenoxy) is 1. The van der Waals surface area contributed by atoms with Crippen molar-refractivity contribution in [1.82, 2.24) is 4.90 Å². The maximum Gasteiger partial charge on any atom is 0.249 e. The second-order valence-corrected chi connectivity index (χ2v) is 8.31. The summed E-state index contributed by atoms with van der Waals surface area (Å²) >= 11 is 0. The van der Waals surface area contributed by atoms with E-state index in [9.17, 15) is 9.59 Å². The standard InChI is InChI=1S/C27H30N2O3/c1-20-10-8-9-13-22(20)19-29(25(30)18-21-11-6-5-7-12-21)27(2,3)26(31)28-23-14-16-24(32-4)17-15-23/h5-17H,18-19H2,1-4H3,(H,28,31). The summed E-state index contributed by atoms with van der Waals surface area (Å²) in [4.78, 5) is 28.4. The average Bonchev–Trinajstić information content (AvgIpc) is 2.79. The Morgan fingerprint density at radius 1 is 0.906 bits per heavy atom. The number of carbonyl (C=O) groups excluding carboxylic acids is 2. The second kappa shape index (κ2) is 10.1. The fourth-order valence-electron chi connectivity index (χ4n) is 3.50. The number of hydrogen-bond acceptors (Lipinski definition) is 3. The zero-order valence-corrected chi connectivity index (χ0v) is 19.1. The summed E-state index contributed by atoms with van der Waals surface area (Å²) < 4.78 is 5.18. The summed E-state index contributed by atoms with van der Waals surface area (Å²) in [7, 11) is 1.60. The van der Waals surface area contributed by atoms with Crippen molar-refractivity contribution in [3.8, 4) is 5.75 Å². The number of rotatable bonds is 8. The Hall–Kier alpha value is -3.60. The van der Waals surface area contributed by atoms with E-state index in [0.717, 1.165) is 16.7 Å². The minimum absolute atomic E-state index is 0.102. The highest BCUT2D eigenvalue weighted by Gasteiger charge is 2.38. The van der Waals surface area contributed by atoms with Crippen LogP contribution in [0.25, 0.3) is 0 Å². The molecule has 0 aliphatic carbocycles. The van der Waals surface area contributed by atoms with Gasteiger partial charge in [0.15, 0.2) is 0 Å². The van der Waals surface area contributed by atoms with Gasteiger partial charge in [-0.05, 0) is 61.7 Å². The van der Waals surface area contributed by atoms with Crippen LogP contribution in [0.15, 0.2) is 78.9 Å². The first-order valence-electron chi connectivity index (χ1n) is 10.7. The van der Waals surface area contributed by atoms with Crippen LogP contribution in [0.3, 0.4) is 0 Å². The fourth-order valence-corrected chi connectivity index (χ4v) is 3.50. The minimum Gasteiger partial charge on any atom is -0.497 e. The molecule has 0 bridgehead atoms. The number of anilines is 1. The number of benzene rings is 3. The first-order valence-corrected chi connectivity index (χ1v) is 10.7. The Morgan fingerprint density at radius 3 is 2.16 bits per heavy atom. The highest BCUT2D eigenvalue weighted by atomic mass is 16.5. The molecule has 0 aliphatic rings. The van der Waals surface area contributed by atoms with E-state index in [1.807, 2.05) is 61.5 Å². The Kier molecular flexibility index (Phi) is 7.31. The van der Waals surface area contributed by atoms with Crippen LogP contribution < -0.4 is 10.1 Å². The van der Waals surface area contributed by atoms with E-state index >= 15 is 0 Å². The van der Waals surface area contributed by atoms with Gasteiger partial charge in [0.05, 0.1) is 13.5 Å². The molecular weight excluding hydrogens is 400 g/mol. The molecule has 0 heterocycles. The summed E-state index contributed by atoms with van der Waals surface area (Å²) in [5.41, 5.74) is 2.58. The molecule has 0 aliphatic heterocycles. The molecule has 166 valence electrons. The maximum absolute atomic E-state index is 13.4. The molecule has 0 saturated carbocycles. The SMILES string of the molecule is COc1ccc(NC(=O)C(C)(C)N(Cc2ccccc2C)C(=O)Cc2ccccc2)cc1. The lowest BCUT2D eigenvalue weighted by Crippen LogP contribution is -2.55. The Balaban J connectivity index is 1.87. The number of methoxy groups -OCH3 is 1. The van der Waals surface area contributed by atoms with Gasteiger partial charge in [0, 0.05) is 12.2 Å². The van der Waals surface area contributed by atoms with Crippen molar-refractivity contribution in [2.75, 3.05) is 12.4 Å². The topological polar surface area (TPSA) is 58.6 Å². The van der Waals surface area contributed by atoms with Gasteiger partial charge in [-0.3, -0.25) is 9.59 Å². The molecule has 0 spiro atoms. The van der Waals surface area contributed by atoms with Crippen LogP contribution in [-0.4, -0.2) is 29.4 Å². The van der Waals surface area contributed by atoms with Crippen LogP contribution in [0.1, 0.15) is 30.5 Å². The Morgan fingerprint density at radius 2 is 1.53 bits per heavy atom. The first kappa shape index (κ1) is 23.1. The van der Waals surface area contributed by atoms with Crippen molar-refractivity contribution in [2.24, 2.45) is 0 Å². The lowest BCUT2D eigenvalue weighted by molar-refractivity contribution is -0.144. The summed E-state index contributed by atoms with van der Waals surface area (Å²) in [6.45, 7) is 5.93. The molecule has 2 amide bonds. The quantitative estimate of drug-likeness (QED) is 0.548. The molecule has 0 fully saturated rings.